The summed E-state index contributed by atoms with van der Waals surface area (Å²) in [5, 5.41) is 0. The SMILES string of the molecule is COCCCCCCOc1cc[c]c(F)c1. The smallest absolute Gasteiger partial charge is 0.134 e. The van der Waals surface area contributed by atoms with Crippen LogP contribution in [0, 0.1) is 11.9 Å². The zero-order chi connectivity index (χ0) is 11.6. The zero-order valence-electron chi connectivity index (χ0n) is 9.67. The lowest BCUT2D eigenvalue weighted by molar-refractivity contribution is 0.191. The lowest BCUT2D eigenvalue weighted by Crippen LogP contribution is -1.98. The van der Waals surface area contributed by atoms with Crippen molar-refractivity contribution in [3.8, 4) is 5.75 Å². The highest BCUT2D eigenvalue weighted by molar-refractivity contribution is 5.21. The largest absolute Gasteiger partial charge is 0.493 e. The molecular weight excluding hydrogens is 207 g/mol. The maximum atomic E-state index is 12.7. The van der Waals surface area contributed by atoms with Gasteiger partial charge in [-0.15, -0.1) is 0 Å². The first-order valence-corrected chi connectivity index (χ1v) is 5.62. The number of hydrogen-bond acceptors (Lipinski definition) is 2. The third kappa shape index (κ3) is 5.71. The van der Waals surface area contributed by atoms with Crippen molar-refractivity contribution in [2.75, 3.05) is 20.3 Å². The molecule has 16 heavy (non-hydrogen) atoms. The van der Waals surface area contributed by atoms with Crippen molar-refractivity contribution >= 4 is 0 Å². The molecule has 0 aliphatic carbocycles. The van der Waals surface area contributed by atoms with E-state index in [-0.39, 0.29) is 5.82 Å². The molecule has 0 aliphatic heterocycles. The molecule has 0 N–H and O–H groups in total. The first-order valence-electron chi connectivity index (χ1n) is 5.62. The van der Waals surface area contributed by atoms with E-state index in [0.717, 1.165) is 32.3 Å². The Morgan fingerprint density at radius 3 is 2.62 bits per heavy atom. The third-order valence-electron chi connectivity index (χ3n) is 2.25. The Morgan fingerprint density at radius 1 is 1.19 bits per heavy atom. The maximum Gasteiger partial charge on any atom is 0.134 e. The van der Waals surface area contributed by atoms with Crippen LogP contribution in [0.15, 0.2) is 18.2 Å². The molecule has 0 bridgehead atoms. The highest BCUT2D eigenvalue weighted by Gasteiger charge is 1.96. The molecule has 0 saturated heterocycles. The van der Waals surface area contributed by atoms with Gasteiger partial charge in [-0.05, 0) is 31.4 Å². The Morgan fingerprint density at radius 2 is 1.94 bits per heavy atom. The summed E-state index contributed by atoms with van der Waals surface area (Å²) in [6, 6.07) is 7.04. The van der Waals surface area contributed by atoms with E-state index in [2.05, 4.69) is 6.07 Å². The summed E-state index contributed by atoms with van der Waals surface area (Å²) in [5.41, 5.74) is 0. The molecule has 0 aliphatic rings. The minimum atomic E-state index is -0.377. The molecule has 0 atom stereocenters. The van der Waals surface area contributed by atoms with Crippen LogP contribution in [0.1, 0.15) is 25.7 Å². The molecule has 0 spiro atoms. The number of benzene rings is 1. The molecular formula is C13H18FO2. The van der Waals surface area contributed by atoms with Gasteiger partial charge < -0.3 is 9.47 Å². The van der Waals surface area contributed by atoms with Crippen LogP contribution in [0.4, 0.5) is 4.39 Å². The lowest BCUT2D eigenvalue weighted by atomic mass is 10.2. The average molecular weight is 225 g/mol. The predicted molar refractivity (Wildman–Crippen MR) is 61.1 cm³/mol. The van der Waals surface area contributed by atoms with Gasteiger partial charge in [0.05, 0.1) is 6.61 Å². The van der Waals surface area contributed by atoms with E-state index < -0.39 is 0 Å². The molecule has 89 valence electrons. The van der Waals surface area contributed by atoms with Gasteiger partial charge in [-0.25, -0.2) is 4.39 Å². The predicted octanol–water partition coefficient (Wildman–Crippen LogP) is 3.21. The fraction of sp³-hybridized carbons (Fsp3) is 0.538. The molecule has 0 saturated carbocycles. The van der Waals surface area contributed by atoms with Crippen LogP contribution in [0.25, 0.3) is 0 Å². The van der Waals surface area contributed by atoms with Gasteiger partial charge in [-0.3, -0.25) is 0 Å². The van der Waals surface area contributed by atoms with E-state index in [9.17, 15) is 4.39 Å². The Bertz CT molecular complexity index is 289. The minimum absolute atomic E-state index is 0.377. The van der Waals surface area contributed by atoms with Crippen molar-refractivity contribution in [1.29, 1.82) is 0 Å². The molecule has 3 heteroatoms. The molecule has 0 fully saturated rings. The second-order valence-corrected chi connectivity index (χ2v) is 3.63. The summed E-state index contributed by atoms with van der Waals surface area (Å²) in [6.07, 6.45) is 4.34. The molecule has 1 aromatic carbocycles. The first kappa shape index (κ1) is 13.0. The maximum absolute atomic E-state index is 12.7. The van der Waals surface area contributed by atoms with Gasteiger partial charge in [0.1, 0.15) is 11.6 Å². The van der Waals surface area contributed by atoms with Crippen molar-refractivity contribution in [2.45, 2.75) is 25.7 Å². The number of hydrogen-bond donors (Lipinski definition) is 0. The summed E-state index contributed by atoms with van der Waals surface area (Å²) < 4.78 is 23.1. The van der Waals surface area contributed by atoms with Crippen molar-refractivity contribution in [1.82, 2.24) is 0 Å². The van der Waals surface area contributed by atoms with Gasteiger partial charge in [0.2, 0.25) is 0 Å². The van der Waals surface area contributed by atoms with E-state index in [4.69, 9.17) is 9.47 Å². The number of rotatable bonds is 8. The zero-order valence-corrected chi connectivity index (χ0v) is 9.67. The van der Waals surface area contributed by atoms with Crippen LogP contribution < -0.4 is 4.74 Å². The van der Waals surface area contributed by atoms with Crippen LogP contribution in [-0.2, 0) is 4.74 Å². The molecule has 0 heterocycles. The average Bonchev–Trinajstić information content (AvgIpc) is 2.28. The normalized spacial score (nSPS) is 10.4. The second-order valence-electron chi connectivity index (χ2n) is 3.63. The van der Waals surface area contributed by atoms with Crippen LogP contribution in [0.3, 0.4) is 0 Å². The minimum Gasteiger partial charge on any atom is -0.493 e. The van der Waals surface area contributed by atoms with Gasteiger partial charge in [-0.1, -0.05) is 6.42 Å². The molecule has 1 radical (unpaired) electrons. The second kappa shape index (κ2) is 8.11. The van der Waals surface area contributed by atoms with Crippen molar-refractivity contribution in [3.05, 3.63) is 30.1 Å². The van der Waals surface area contributed by atoms with Crippen LogP contribution in [-0.4, -0.2) is 20.3 Å². The third-order valence-corrected chi connectivity index (χ3v) is 2.25. The molecule has 1 aromatic rings. The van der Waals surface area contributed by atoms with Crippen molar-refractivity contribution in [3.63, 3.8) is 0 Å². The highest BCUT2D eigenvalue weighted by atomic mass is 19.1. The number of halogens is 1. The standard InChI is InChI=1S/C13H18FO2/c1-15-9-4-2-3-5-10-16-13-8-6-7-12(14)11-13/h6,8,11H,2-5,9-10H2,1H3. The van der Waals surface area contributed by atoms with E-state index in [1.165, 1.54) is 12.1 Å². The number of ether oxygens (including phenoxy) is 2. The van der Waals surface area contributed by atoms with Gasteiger partial charge in [0.15, 0.2) is 0 Å². The van der Waals surface area contributed by atoms with Gasteiger partial charge in [-0.2, -0.15) is 0 Å². The molecule has 0 amide bonds. The quantitative estimate of drug-likeness (QED) is 0.632. The molecule has 0 aromatic heterocycles. The van der Waals surface area contributed by atoms with Gasteiger partial charge >= 0.3 is 0 Å². The Hall–Kier alpha value is -1.09. The van der Waals surface area contributed by atoms with Crippen LogP contribution >= 0.6 is 0 Å². The summed E-state index contributed by atoms with van der Waals surface area (Å²) in [5.74, 6) is 0.200. The van der Waals surface area contributed by atoms with Crippen molar-refractivity contribution < 1.29 is 13.9 Å². The van der Waals surface area contributed by atoms with Gasteiger partial charge in [0, 0.05) is 25.8 Å². The molecule has 1 rings (SSSR count). The van der Waals surface area contributed by atoms with Crippen molar-refractivity contribution in [2.24, 2.45) is 0 Å². The molecule has 2 nitrogen and oxygen atoms in total. The fourth-order valence-electron chi connectivity index (χ4n) is 1.40. The number of unbranched alkanes of at least 4 members (excludes halogenated alkanes) is 3. The van der Waals surface area contributed by atoms with E-state index >= 15 is 0 Å². The first-order chi connectivity index (χ1) is 7.83. The van der Waals surface area contributed by atoms with E-state index in [0.29, 0.717) is 12.4 Å². The summed E-state index contributed by atoms with van der Waals surface area (Å²) in [4.78, 5) is 0. The van der Waals surface area contributed by atoms with E-state index in [1.54, 1.807) is 13.2 Å². The van der Waals surface area contributed by atoms with Crippen LogP contribution in [0.2, 0.25) is 0 Å². The monoisotopic (exact) mass is 225 g/mol. The fourth-order valence-corrected chi connectivity index (χ4v) is 1.40. The highest BCUT2D eigenvalue weighted by Crippen LogP contribution is 2.12. The summed E-state index contributed by atoms with van der Waals surface area (Å²) in [6.45, 7) is 1.46. The Balaban J connectivity index is 2.03. The topological polar surface area (TPSA) is 18.5 Å². The van der Waals surface area contributed by atoms with E-state index in [1.807, 2.05) is 0 Å². The summed E-state index contributed by atoms with van der Waals surface area (Å²) >= 11 is 0. The summed E-state index contributed by atoms with van der Waals surface area (Å²) in [7, 11) is 1.71. The van der Waals surface area contributed by atoms with Crippen LogP contribution in [0.5, 0.6) is 5.75 Å². The lowest BCUT2D eigenvalue weighted by Gasteiger charge is -2.05. The van der Waals surface area contributed by atoms with Gasteiger partial charge in [0.25, 0.3) is 0 Å². The number of methoxy groups -OCH3 is 1. The Kier molecular flexibility index (Phi) is 6.58. The Labute approximate surface area is 96.4 Å². The molecule has 0 unspecified atom stereocenters.